The molecule has 1 amide bonds. The van der Waals surface area contributed by atoms with E-state index in [1.165, 1.54) is 6.07 Å². The summed E-state index contributed by atoms with van der Waals surface area (Å²) in [6.07, 6.45) is 1.35. The highest BCUT2D eigenvalue weighted by atomic mass is 19.1. The van der Waals surface area contributed by atoms with Crippen LogP contribution >= 0.6 is 0 Å². The van der Waals surface area contributed by atoms with Gasteiger partial charge in [-0.3, -0.25) is 0 Å². The molecular weight excluding hydrogens is 273 g/mol. The molecule has 2 rings (SSSR count). The van der Waals surface area contributed by atoms with Gasteiger partial charge >= 0.3 is 6.09 Å². The van der Waals surface area contributed by atoms with Gasteiger partial charge in [-0.15, -0.1) is 0 Å². The first-order chi connectivity index (χ1) is 9.81. The van der Waals surface area contributed by atoms with Crippen LogP contribution in [0.5, 0.6) is 0 Å². The molecule has 116 valence electrons. The number of likely N-dealkylation sites (tertiary alicyclic amines) is 1. The molecule has 1 fully saturated rings. The van der Waals surface area contributed by atoms with E-state index in [2.05, 4.69) is 0 Å². The minimum Gasteiger partial charge on any atom is -0.444 e. The van der Waals surface area contributed by atoms with Crippen molar-refractivity contribution in [1.82, 2.24) is 4.90 Å². The molecule has 1 aliphatic rings. The van der Waals surface area contributed by atoms with Gasteiger partial charge in [0, 0.05) is 12.1 Å². The Morgan fingerprint density at radius 1 is 1.48 bits per heavy atom. The highest BCUT2D eigenvalue weighted by Crippen LogP contribution is 2.33. The third-order valence-corrected chi connectivity index (χ3v) is 3.51. The first kappa shape index (κ1) is 15.8. The Labute approximate surface area is 124 Å². The molecule has 5 heteroatoms. The van der Waals surface area contributed by atoms with Gasteiger partial charge in [0.15, 0.2) is 0 Å². The Morgan fingerprint density at radius 2 is 2.19 bits per heavy atom. The van der Waals surface area contributed by atoms with Crippen molar-refractivity contribution in [2.45, 2.75) is 51.9 Å². The molecule has 1 heterocycles. The summed E-state index contributed by atoms with van der Waals surface area (Å²) < 4.78 is 18.9. The number of aliphatic hydroxyl groups is 1. The first-order valence-corrected chi connectivity index (χ1v) is 7.20. The van der Waals surface area contributed by atoms with Crippen LogP contribution in [0.3, 0.4) is 0 Å². The number of benzene rings is 1. The standard InChI is InChI=1S/C16H22FNO3/c1-16(2,3)21-15(20)18-8-4-5-14(18)11-6-7-13(17)12(9-11)10-19/h6-7,9,14,19H,4-5,8,10H2,1-3H3. The smallest absolute Gasteiger partial charge is 0.410 e. The lowest BCUT2D eigenvalue weighted by atomic mass is 10.0. The number of hydrogen-bond donors (Lipinski definition) is 1. The second-order valence-corrected chi connectivity index (χ2v) is 6.34. The van der Waals surface area contributed by atoms with Gasteiger partial charge in [-0.1, -0.05) is 6.07 Å². The maximum absolute atomic E-state index is 13.5. The maximum Gasteiger partial charge on any atom is 0.410 e. The quantitative estimate of drug-likeness (QED) is 0.910. The molecule has 0 aliphatic carbocycles. The number of amides is 1. The van der Waals surface area contributed by atoms with Crippen LogP contribution < -0.4 is 0 Å². The van der Waals surface area contributed by atoms with Crippen molar-refractivity contribution < 1.29 is 19.0 Å². The van der Waals surface area contributed by atoms with Gasteiger partial charge in [0.05, 0.1) is 12.6 Å². The zero-order valence-corrected chi connectivity index (χ0v) is 12.7. The van der Waals surface area contributed by atoms with E-state index in [1.807, 2.05) is 20.8 Å². The number of nitrogens with zero attached hydrogens (tertiary/aromatic N) is 1. The Morgan fingerprint density at radius 3 is 2.81 bits per heavy atom. The van der Waals surface area contributed by atoms with Crippen molar-refractivity contribution in [3.8, 4) is 0 Å². The van der Waals surface area contributed by atoms with Crippen LogP contribution in [0, 0.1) is 5.82 Å². The fourth-order valence-electron chi connectivity index (χ4n) is 2.58. The van der Waals surface area contributed by atoms with Crippen LogP contribution in [-0.2, 0) is 11.3 Å². The number of halogens is 1. The van der Waals surface area contributed by atoms with Crippen LogP contribution in [0.2, 0.25) is 0 Å². The summed E-state index contributed by atoms with van der Waals surface area (Å²) in [6.45, 7) is 5.78. The van der Waals surface area contributed by atoms with Crippen LogP contribution in [0.15, 0.2) is 18.2 Å². The summed E-state index contributed by atoms with van der Waals surface area (Å²) in [7, 11) is 0. The lowest BCUT2D eigenvalue weighted by Gasteiger charge is -2.29. The normalized spacial score (nSPS) is 18.9. The Hall–Kier alpha value is -1.62. The van der Waals surface area contributed by atoms with Crippen LogP contribution in [0.4, 0.5) is 9.18 Å². The SMILES string of the molecule is CC(C)(C)OC(=O)N1CCCC1c1ccc(F)c(CO)c1. The fourth-order valence-corrected chi connectivity index (χ4v) is 2.58. The predicted molar refractivity (Wildman–Crippen MR) is 77.2 cm³/mol. The summed E-state index contributed by atoms with van der Waals surface area (Å²) in [5, 5.41) is 9.17. The van der Waals surface area contributed by atoms with Gasteiger partial charge in [0.1, 0.15) is 11.4 Å². The highest BCUT2D eigenvalue weighted by molar-refractivity contribution is 5.69. The van der Waals surface area contributed by atoms with Gasteiger partial charge in [-0.2, -0.15) is 0 Å². The van der Waals surface area contributed by atoms with E-state index in [1.54, 1.807) is 17.0 Å². The summed E-state index contributed by atoms with van der Waals surface area (Å²) in [5.41, 5.74) is 0.552. The maximum atomic E-state index is 13.5. The topological polar surface area (TPSA) is 49.8 Å². The number of carbonyl (C=O) groups is 1. The molecule has 0 spiro atoms. The number of carbonyl (C=O) groups excluding carboxylic acids is 1. The summed E-state index contributed by atoms with van der Waals surface area (Å²) in [6, 6.07) is 4.52. The molecule has 1 aromatic rings. The molecule has 21 heavy (non-hydrogen) atoms. The molecular formula is C16H22FNO3. The van der Waals surface area contributed by atoms with Crippen molar-refractivity contribution in [2.24, 2.45) is 0 Å². The zero-order chi connectivity index (χ0) is 15.6. The van der Waals surface area contributed by atoms with Gasteiger partial charge < -0.3 is 14.7 Å². The Balaban J connectivity index is 2.20. The summed E-state index contributed by atoms with van der Waals surface area (Å²) >= 11 is 0. The lowest BCUT2D eigenvalue weighted by Crippen LogP contribution is -2.36. The molecule has 1 aromatic carbocycles. The molecule has 0 aromatic heterocycles. The predicted octanol–water partition coefficient (Wildman–Crippen LogP) is 3.39. The van der Waals surface area contributed by atoms with E-state index in [-0.39, 0.29) is 24.3 Å². The molecule has 4 nitrogen and oxygen atoms in total. The van der Waals surface area contributed by atoms with Crippen molar-refractivity contribution >= 4 is 6.09 Å². The fraction of sp³-hybridized carbons (Fsp3) is 0.562. The number of ether oxygens (including phenoxy) is 1. The van der Waals surface area contributed by atoms with E-state index >= 15 is 0 Å². The lowest BCUT2D eigenvalue weighted by molar-refractivity contribution is 0.0224. The van der Waals surface area contributed by atoms with E-state index in [0.29, 0.717) is 6.54 Å². The molecule has 1 N–H and O–H groups in total. The summed E-state index contributed by atoms with van der Waals surface area (Å²) in [5.74, 6) is -0.428. The minimum atomic E-state index is -0.538. The van der Waals surface area contributed by atoms with E-state index < -0.39 is 11.4 Å². The van der Waals surface area contributed by atoms with Crippen molar-refractivity contribution in [2.75, 3.05) is 6.54 Å². The summed E-state index contributed by atoms with van der Waals surface area (Å²) in [4.78, 5) is 13.9. The molecule has 1 atom stereocenters. The van der Waals surface area contributed by atoms with Gasteiger partial charge in [-0.05, 0) is 51.3 Å². The molecule has 0 radical (unpaired) electrons. The van der Waals surface area contributed by atoms with E-state index in [9.17, 15) is 9.18 Å². The molecule has 1 saturated heterocycles. The third kappa shape index (κ3) is 3.73. The minimum absolute atomic E-state index is 0.120. The van der Waals surface area contributed by atoms with Crippen molar-refractivity contribution in [3.63, 3.8) is 0 Å². The Kier molecular flexibility index (Phi) is 4.52. The second kappa shape index (κ2) is 6.02. The van der Waals surface area contributed by atoms with E-state index in [4.69, 9.17) is 9.84 Å². The number of rotatable bonds is 2. The molecule has 0 bridgehead atoms. The molecule has 0 saturated carbocycles. The average molecular weight is 295 g/mol. The van der Waals surface area contributed by atoms with Crippen LogP contribution in [0.1, 0.15) is 50.8 Å². The van der Waals surface area contributed by atoms with Gasteiger partial charge in [0.2, 0.25) is 0 Å². The first-order valence-electron chi connectivity index (χ1n) is 7.20. The van der Waals surface area contributed by atoms with Crippen molar-refractivity contribution in [3.05, 3.63) is 35.1 Å². The largest absolute Gasteiger partial charge is 0.444 e. The number of hydrogen-bond acceptors (Lipinski definition) is 3. The monoisotopic (exact) mass is 295 g/mol. The van der Waals surface area contributed by atoms with Gasteiger partial charge in [0.25, 0.3) is 0 Å². The average Bonchev–Trinajstić information content (AvgIpc) is 2.86. The van der Waals surface area contributed by atoms with Crippen molar-refractivity contribution in [1.29, 1.82) is 0 Å². The van der Waals surface area contributed by atoms with E-state index in [0.717, 1.165) is 18.4 Å². The number of aliphatic hydroxyl groups excluding tert-OH is 1. The van der Waals surface area contributed by atoms with Crippen LogP contribution in [-0.4, -0.2) is 28.2 Å². The second-order valence-electron chi connectivity index (χ2n) is 6.34. The molecule has 1 aliphatic heterocycles. The Bertz CT molecular complexity index is 525. The van der Waals surface area contributed by atoms with Gasteiger partial charge in [-0.25, -0.2) is 9.18 Å². The van der Waals surface area contributed by atoms with Crippen LogP contribution in [0.25, 0.3) is 0 Å². The highest BCUT2D eigenvalue weighted by Gasteiger charge is 2.33. The molecule has 1 unspecified atom stereocenters. The third-order valence-electron chi connectivity index (χ3n) is 3.51. The zero-order valence-electron chi connectivity index (χ0n) is 12.7.